The molecule has 0 radical (unpaired) electrons. The number of aromatic nitrogens is 4. The number of rotatable bonds is 7. The minimum absolute atomic E-state index is 0.0502. The molecule has 2 atom stereocenters. The van der Waals surface area contributed by atoms with Crippen LogP contribution in [0.5, 0.6) is 0 Å². The lowest BCUT2D eigenvalue weighted by molar-refractivity contribution is -0.390. The summed E-state index contributed by atoms with van der Waals surface area (Å²) in [5, 5.41) is 20.2. The molecule has 0 saturated heterocycles. The number of halogens is 1. The lowest BCUT2D eigenvalue weighted by atomic mass is 9.46. The number of nitrogens with zero attached hydrogens (tertiary/aromatic N) is 6. The molecule has 10 heteroatoms. The zero-order valence-electron chi connectivity index (χ0n) is 18.5. The maximum Gasteiger partial charge on any atom is 0.404 e. The first-order chi connectivity index (χ1) is 15.2. The molecular formula is C22H29BrN6O3. The van der Waals surface area contributed by atoms with Crippen LogP contribution in [0.15, 0.2) is 22.9 Å². The molecule has 0 spiro atoms. The summed E-state index contributed by atoms with van der Waals surface area (Å²) in [6, 6.07) is 1.97. The molecule has 4 aliphatic rings. The van der Waals surface area contributed by atoms with Crippen molar-refractivity contribution in [3.8, 4) is 0 Å². The van der Waals surface area contributed by atoms with Crippen LogP contribution < -0.4 is 0 Å². The molecule has 4 bridgehead atoms. The van der Waals surface area contributed by atoms with Crippen LogP contribution in [0.2, 0.25) is 0 Å². The van der Waals surface area contributed by atoms with Gasteiger partial charge in [-0.3, -0.25) is 9.48 Å². The van der Waals surface area contributed by atoms with E-state index in [1.807, 2.05) is 35.6 Å². The first kappa shape index (κ1) is 21.6. The van der Waals surface area contributed by atoms with E-state index in [1.165, 1.54) is 6.42 Å². The monoisotopic (exact) mass is 504 g/mol. The van der Waals surface area contributed by atoms with Crippen LogP contribution in [0.25, 0.3) is 0 Å². The van der Waals surface area contributed by atoms with E-state index < -0.39 is 4.92 Å². The Bertz CT molecular complexity index is 1050. The van der Waals surface area contributed by atoms with E-state index in [-0.39, 0.29) is 22.7 Å². The zero-order valence-corrected chi connectivity index (χ0v) is 20.1. The third-order valence-electron chi connectivity index (χ3n) is 7.83. The van der Waals surface area contributed by atoms with Crippen LogP contribution >= 0.6 is 15.9 Å². The maximum absolute atomic E-state index is 13.3. The van der Waals surface area contributed by atoms with Crippen molar-refractivity contribution in [1.29, 1.82) is 0 Å². The predicted octanol–water partition coefficient (Wildman–Crippen LogP) is 4.11. The van der Waals surface area contributed by atoms with Crippen molar-refractivity contribution in [2.45, 2.75) is 70.5 Å². The van der Waals surface area contributed by atoms with Gasteiger partial charge in [-0.05, 0) is 89.6 Å². The molecule has 2 aromatic rings. The summed E-state index contributed by atoms with van der Waals surface area (Å²) in [5.74, 6) is 1.13. The van der Waals surface area contributed by atoms with E-state index in [2.05, 4.69) is 26.1 Å². The summed E-state index contributed by atoms with van der Waals surface area (Å²) in [6.07, 6.45) is 10.4. The van der Waals surface area contributed by atoms with Crippen LogP contribution in [0, 0.1) is 27.4 Å². The van der Waals surface area contributed by atoms with E-state index in [0.717, 1.165) is 44.3 Å². The highest BCUT2D eigenvalue weighted by Gasteiger charge is 2.60. The van der Waals surface area contributed by atoms with Gasteiger partial charge in [0.25, 0.3) is 0 Å². The summed E-state index contributed by atoms with van der Waals surface area (Å²) in [4.78, 5) is 26.0. The van der Waals surface area contributed by atoms with Crippen molar-refractivity contribution < 1.29 is 9.72 Å². The van der Waals surface area contributed by atoms with Gasteiger partial charge in [-0.25, -0.2) is 0 Å². The number of hydrogen-bond donors (Lipinski definition) is 0. The summed E-state index contributed by atoms with van der Waals surface area (Å²) < 4.78 is 4.15. The lowest BCUT2D eigenvalue weighted by Crippen LogP contribution is -2.57. The smallest absolute Gasteiger partial charge is 0.358 e. The van der Waals surface area contributed by atoms with Crippen molar-refractivity contribution in [2.24, 2.45) is 17.3 Å². The fourth-order valence-electron chi connectivity index (χ4n) is 7.04. The first-order valence-corrected chi connectivity index (χ1v) is 12.2. The molecule has 2 heterocycles. The Morgan fingerprint density at radius 3 is 2.62 bits per heavy atom. The van der Waals surface area contributed by atoms with Crippen molar-refractivity contribution >= 4 is 27.7 Å². The van der Waals surface area contributed by atoms with Gasteiger partial charge in [0, 0.05) is 26.2 Å². The average Bonchev–Trinajstić information content (AvgIpc) is 3.33. The second-order valence-corrected chi connectivity index (χ2v) is 11.1. The van der Waals surface area contributed by atoms with Gasteiger partial charge in [0.2, 0.25) is 5.91 Å². The van der Waals surface area contributed by atoms with E-state index in [9.17, 15) is 14.9 Å². The predicted molar refractivity (Wildman–Crippen MR) is 121 cm³/mol. The molecule has 4 saturated carbocycles. The minimum Gasteiger partial charge on any atom is -0.358 e. The van der Waals surface area contributed by atoms with Crippen LogP contribution in [-0.2, 0) is 23.4 Å². The minimum atomic E-state index is -0.435. The van der Waals surface area contributed by atoms with E-state index >= 15 is 0 Å². The number of hydrogen-bond acceptors (Lipinski definition) is 5. The van der Waals surface area contributed by atoms with E-state index in [4.69, 9.17) is 0 Å². The van der Waals surface area contributed by atoms with E-state index in [1.54, 1.807) is 11.1 Å². The van der Waals surface area contributed by atoms with Crippen molar-refractivity contribution in [2.75, 3.05) is 7.05 Å². The molecule has 0 aliphatic heterocycles. The quantitative estimate of drug-likeness (QED) is 0.417. The number of nitro groups is 1. The Morgan fingerprint density at radius 2 is 2.03 bits per heavy atom. The number of aryl methyl sites for hydroxylation is 1. The Kier molecular flexibility index (Phi) is 5.18. The molecule has 2 aromatic heterocycles. The average molecular weight is 505 g/mol. The first-order valence-electron chi connectivity index (χ1n) is 11.4. The Balaban J connectivity index is 1.36. The second-order valence-electron chi connectivity index (χ2n) is 10.3. The summed E-state index contributed by atoms with van der Waals surface area (Å²) in [6.45, 7) is 3.37. The molecule has 6 rings (SSSR count). The maximum atomic E-state index is 13.3. The summed E-state index contributed by atoms with van der Waals surface area (Å²) in [5.41, 5.74) is 0.628. The summed E-state index contributed by atoms with van der Waals surface area (Å²) in [7, 11) is 1.86. The third kappa shape index (κ3) is 3.66. The molecule has 4 aliphatic carbocycles. The van der Waals surface area contributed by atoms with Crippen LogP contribution in [-0.4, -0.2) is 42.3 Å². The van der Waals surface area contributed by atoms with Gasteiger partial charge in [0.15, 0.2) is 0 Å². The molecule has 32 heavy (non-hydrogen) atoms. The fourth-order valence-corrected chi connectivity index (χ4v) is 7.46. The SMILES string of the molecule is CCn1ccc(CN(C)C(=O)CC23CC4CC(C2)CC(n2cc(Br)c([N+](=O)[O-])n2)(C4)C3)n1. The fraction of sp³-hybridized carbons (Fsp3) is 0.682. The molecule has 2 unspecified atom stereocenters. The topological polar surface area (TPSA) is 99.1 Å². The highest BCUT2D eigenvalue weighted by Crippen LogP contribution is 2.65. The molecule has 0 aromatic carbocycles. The van der Waals surface area contributed by atoms with E-state index in [0.29, 0.717) is 29.3 Å². The van der Waals surface area contributed by atoms with Crippen molar-refractivity contribution in [1.82, 2.24) is 24.5 Å². The standard InChI is InChI=1S/C22H29BrN6O3/c1-3-27-5-4-17(24-27)12-26(2)19(30)11-21-7-15-6-16(8-21)10-22(9-15,14-21)28-13-18(23)20(25-28)29(31)32/h4-5,13,15-16H,3,6-12,14H2,1-2H3. The second kappa shape index (κ2) is 7.67. The van der Waals surface area contributed by atoms with Gasteiger partial charge in [-0.1, -0.05) is 0 Å². The van der Waals surface area contributed by atoms with Gasteiger partial charge in [-0.2, -0.15) is 9.78 Å². The number of carbonyl (C=O) groups excluding carboxylic acids is 1. The molecule has 1 amide bonds. The highest BCUT2D eigenvalue weighted by atomic mass is 79.9. The van der Waals surface area contributed by atoms with Gasteiger partial charge in [-0.15, -0.1) is 0 Å². The number of amides is 1. The molecule has 4 fully saturated rings. The molecule has 9 nitrogen and oxygen atoms in total. The third-order valence-corrected chi connectivity index (χ3v) is 8.39. The van der Waals surface area contributed by atoms with Gasteiger partial charge >= 0.3 is 5.82 Å². The number of carbonyl (C=O) groups is 1. The van der Waals surface area contributed by atoms with Crippen LogP contribution in [0.3, 0.4) is 0 Å². The van der Waals surface area contributed by atoms with Crippen LogP contribution in [0.1, 0.15) is 57.6 Å². The highest BCUT2D eigenvalue weighted by molar-refractivity contribution is 9.10. The van der Waals surface area contributed by atoms with Crippen molar-refractivity contribution in [3.63, 3.8) is 0 Å². The van der Waals surface area contributed by atoms with Gasteiger partial charge in [0.1, 0.15) is 4.47 Å². The zero-order chi connectivity index (χ0) is 22.7. The van der Waals surface area contributed by atoms with Crippen LogP contribution in [0.4, 0.5) is 5.82 Å². The molecule has 0 N–H and O–H groups in total. The Morgan fingerprint density at radius 1 is 1.31 bits per heavy atom. The molecule has 172 valence electrons. The Labute approximate surface area is 195 Å². The van der Waals surface area contributed by atoms with Gasteiger partial charge < -0.3 is 15.0 Å². The Hall–Kier alpha value is -2.23. The molecular weight excluding hydrogens is 476 g/mol. The van der Waals surface area contributed by atoms with Crippen molar-refractivity contribution in [3.05, 3.63) is 38.7 Å². The lowest BCUT2D eigenvalue weighted by Gasteiger charge is -2.61. The normalized spacial score (nSPS) is 30.6. The summed E-state index contributed by atoms with van der Waals surface area (Å²) >= 11 is 3.31. The largest absolute Gasteiger partial charge is 0.404 e. The van der Waals surface area contributed by atoms with Gasteiger partial charge in [0.05, 0.1) is 29.1 Å².